The van der Waals surface area contributed by atoms with Crippen LogP contribution in [0.25, 0.3) is 0 Å². The average Bonchev–Trinajstić information content (AvgIpc) is 3.16. The van der Waals surface area contributed by atoms with Crippen LogP contribution in [0.1, 0.15) is 41.8 Å². The number of hydrogen-bond acceptors (Lipinski definition) is 5. The number of benzene rings is 1. The fourth-order valence-corrected chi connectivity index (χ4v) is 3.58. The number of amides is 1. The molecule has 1 aliphatic rings. The maximum Gasteiger partial charge on any atom is 0.292 e. The summed E-state index contributed by atoms with van der Waals surface area (Å²) in [5, 5.41) is 6.46. The van der Waals surface area contributed by atoms with E-state index in [1.807, 2.05) is 0 Å². The molecule has 1 aromatic heterocycles. The van der Waals surface area contributed by atoms with E-state index in [1.54, 1.807) is 23.9 Å². The molecule has 1 fully saturated rings. The van der Waals surface area contributed by atoms with Crippen molar-refractivity contribution < 1.29 is 13.7 Å². The lowest BCUT2D eigenvalue weighted by molar-refractivity contribution is 0.0937. The molecule has 1 N–H and O–H groups in total. The van der Waals surface area contributed by atoms with Gasteiger partial charge in [-0.05, 0) is 43.2 Å². The summed E-state index contributed by atoms with van der Waals surface area (Å²) in [5.74, 6) is 0.893. The van der Waals surface area contributed by atoms with Gasteiger partial charge >= 0.3 is 0 Å². The average molecular weight is 321 g/mol. The van der Waals surface area contributed by atoms with E-state index in [2.05, 4.69) is 22.4 Å². The van der Waals surface area contributed by atoms with Gasteiger partial charge in [-0.25, -0.2) is 4.39 Å². The van der Waals surface area contributed by atoms with Gasteiger partial charge in [0.1, 0.15) is 5.82 Å². The number of thioether (sulfide) groups is 1. The Kier molecular flexibility index (Phi) is 4.15. The highest BCUT2D eigenvalue weighted by atomic mass is 32.2. The summed E-state index contributed by atoms with van der Waals surface area (Å²) in [6.07, 6.45) is 2.08. The number of carbonyl (C=O) groups excluding carboxylic acids is 1. The Hall–Kier alpha value is -1.89. The molecule has 116 valence electrons. The fraction of sp³-hybridized carbons (Fsp3) is 0.400. The zero-order chi connectivity index (χ0) is 15.6. The molecule has 0 saturated carbocycles. The van der Waals surface area contributed by atoms with Crippen LogP contribution < -0.4 is 5.32 Å². The summed E-state index contributed by atoms with van der Waals surface area (Å²) < 4.78 is 17.9. The minimum atomic E-state index is -0.397. The van der Waals surface area contributed by atoms with E-state index in [4.69, 9.17) is 4.52 Å². The first-order valence-corrected chi connectivity index (χ1v) is 8.06. The first-order chi connectivity index (χ1) is 10.6. The molecule has 22 heavy (non-hydrogen) atoms. The maximum absolute atomic E-state index is 12.8. The van der Waals surface area contributed by atoms with Gasteiger partial charge in [0, 0.05) is 6.54 Å². The topological polar surface area (TPSA) is 68.0 Å². The van der Waals surface area contributed by atoms with Crippen LogP contribution in [-0.4, -0.2) is 21.8 Å². The van der Waals surface area contributed by atoms with Gasteiger partial charge in [-0.3, -0.25) is 4.79 Å². The van der Waals surface area contributed by atoms with E-state index >= 15 is 0 Å². The highest BCUT2D eigenvalue weighted by Crippen LogP contribution is 2.45. The molecule has 1 saturated heterocycles. The van der Waals surface area contributed by atoms with Crippen LogP contribution in [0.2, 0.25) is 0 Å². The van der Waals surface area contributed by atoms with Gasteiger partial charge in [0.25, 0.3) is 11.7 Å². The molecule has 0 bridgehead atoms. The van der Waals surface area contributed by atoms with Crippen LogP contribution in [0, 0.1) is 5.82 Å². The molecule has 0 radical (unpaired) electrons. The fourth-order valence-electron chi connectivity index (χ4n) is 2.34. The van der Waals surface area contributed by atoms with Gasteiger partial charge in [-0.2, -0.15) is 4.98 Å². The van der Waals surface area contributed by atoms with E-state index in [-0.39, 0.29) is 22.9 Å². The molecular weight excluding hydrogens is 305 g/mol. The van der Waals surface area contributed by atoms with Gasteiger partial charge in [0.2, 0.25) is 5.89 Å². The Balaban J connectivity index is 1.63. The van der Waals surface area contributed by atoms with Crippen molar-refractivity contribution in [2.24, 2.45) is 0 Å². The molecule has 1 atom stereocenters. The zero-order valence-electron chi connectivity index (χ0n) is 12.1. The van der Waals surface area contributed by atoms with Gasteiger partial charge < -0.3 is 9.84 Å². The first kappa shape index (κ1) is 15.0. The van der Waals surface area contributed by atoms with Crippen molar-refractivity contribution in [3.63, 3.8) is 0 Å². The normalized spacial score (nSPS) is 21.0. The third-order valence-electron chi connectivity index (χ3n) is 3.67. The van der Waals surface area contributed by atoms with Crippen LogP contribution in [0.15, 0.2) is 28.8 Å². The van der Waals surface area contributed by atoms with E-state index in [1.165, 1.54) is 12.1 Å². The summed E-state index contributed by atoms with van der Waals surface area (Å²) >= 11 is 1.77. The predicted molar refractivity (Wildman–Crippen MR) is 80.9 cm³/mol. The zero-order valence-corrected chi connectivity index (χ0v) is 13.0. The number of hydrogen-bond donors (Lipinski definition) is 1. The minimum absolute atomic E-state index is 0.0332. The standard InChI is InChI=1S/C15H16FN3O2S/c1-15(7-2-8-22-15)14-18-12(19-21-14)13(20)17-9-10-3-5-11(16)6-4-10/h3-6H,2,7-9H2,1H3,(H,17,20)/t15-/m0/s1. The largest absolute Gasteiger partial charge is 0.345 e. The smallest absolute Gasteiger partial charge is 0.292 e. The van der Waals surface area contributed by atoms with E-state index in [9.17, 15) is 9.18 Å². The number of nitrogens with zero attached hydrogens (tertiary/aromatic N) is 2. The van der Waals surface area contributed by atoms with E-state index in [0.29, 0.717) is 5.89 Å². The number of aromatic nitrogens is 2. The second-order valence-corrected chi connectivity index (χ2v) is 7.01. The number of halogens is 1. The van der Waals surface area contributed by atoms with Crippen LogP contribution >= 0.6 is 11.8 Å². The van der Waals surface area contributed by atoms with Crippen LogP contribution in [-0.2, 0) is 11.3 Å². The number of rotatable bonds is 4. The molecule has 3 rings (SSSR count). The third-order valence-corrected chi connectivity index (χ3v) is 5.18. The Labute approximate surface area is 131 Å². The van der Waals surface area contributed by atoms with Crippen molar-refractivity contribution in [1.29, 1.82) is 0 Å². The molecule has 0 spiro atoms. The van der Waals surface area contributed by atoms with Crippen LogP contribution in [0.3, 0.4) is 0 Å². The van der Waals surface area contributed by atoms with Crippen molar-refractivity contribution in [2.75, 3.05) is 5.75 Å². The summed E-state index contributed by atoms with van der Waals surface area (Å²) in [6.45, 7) is 2.34. The van der Waals surface area contributed by atoms with Crippen molar-refractivity contribution in [3.05, 3.63) is 47.4 Å². The molecule has 1 aromatic carbocycles. The molecule has 2 aromatic rings. The SMILES string of the molecule is C[C@@]1(c2nc(C(=O)NCc3ccc(F)cc3)no2)CCCS1. The molecule has 1 aliphatic heterocycles. The van der Waals surface area contributed by atoms with Crippen LogP contribution in [0.5, 0.6) is 0 Å². The summed E-state index contributed by atoms with van der Waals surface area (Å²) in [5.41, 5.74) is 0.803. The third kappa shape index (κ3) is 3.14. The maximum atomic E-state index is 12.8. The second-order valence-electron chi connectivity index (χ2n) is 5.42. The lowest BCUT2D eigenvalue weighted by Gasteiger charge is -2.15. The lowest BCUT2D eigenvalue weighted by Crippen LogP contribution is -2.24. The summed E-state index contributed by atoms with van der Waals surface area (Å²) in [6, 6.07) is 5.94. The highest BCUT2D eigenvalue weighted by Gasteiger charge is 2.37. The molecule has 5 nitrogen and oxygen atoms in total. The van der Waals surface area contributed by atoms with Crippen molar-refractivity contribution in [2.45, 2.75) is 31.1 Å². The van der Waals surface area contributed by atoms with Gasteiger partial charge in [-0.1, -0.05) is 17.3 Å². The van der Waals surface area contributed by atoms with Gasteiger partial charge in [0.05, 0.1) is 4.75 Å². The van der Waals surface area contributed by atoms with Gasteiger partial charge in [0.15, 0.2) is 0 Å². The quantitative estimate of drug-likeness (QED) is 0.938. The molecule has 1 amide bonds. The monoisotopic (exact) mass is 321 g/mol. The van der Waals surface area contributed by atoms with Crippen molar-refractivity contribution >= 4 is 17.7 Å². The van der Waals surface area contributed by atoms with E-state index in [0.717, 1.165) is 24.2 Å². The first-order valence-electron chi connectivity index (χ1n) is 7.08. The predicted octanol–water partition coefficient (Wildman–Crippen LogP) is 2.88. The Morgan fingerprint density at radius 2 is 2.23 bits per heavy atom. The molecule has 7 heteroatoms. The Bertz CT molecular complexity index is 666. The van der Waals surface area contributed by atoms with Gasteiger partial charge in [-0.15, -0.1) is 11.8 Å². The van der Waals surface area contributed by atoms with Crippen molar-refractivity contribution in [1.82, 2.24) is 15.5 Å². The molecule has 0 unspecified atom stereocenters. The lowest BCUT2D eigenvalue weighted by atomic mass is 10.1. The molecular formula is C15H16FN3O2S. The van der Waals surface area contributed by atoms with E-state index < -0.39 is 5.91 Å². The second kappa shape index (κ2) is 6.08. The molecule has 0 aliphatic carbocycles. The summed E-state index contributed by atoms with van der Waals surface area (Å²) in [4.78, 5) is 16.3. The molecule has 2 heterocycles. The number of carbonyl (C=O) groups is 1. The van der Waals surface area contributed by atoms with Crippen molar-refractivity contribution in [3.8, 4) is 0 Å². The van der Waals surface area contributed by atoms with Crippen LogP contribution in [0.4, 0.5) is 4.39 Å². The minimum Gasteiger partial charge on any atom is -0.345 e. The highest BCUT2D eigenvalue weighted by molar-refractivity contribution is 8.00. The number of nitrogens with one attached hydrogen (secondary N) is 1. The Morgan fingerprint density at radius 1 is 1.45 bits per heavy atom. The summed E-state index contributed by atoms with van der Waals surface area (Å²) in [7, 11) is 0. The Morgan fingerprint density at radius 3 is 2.91 bits per heavy atom.